The minimum atomic E-state index is 0.0625. The van der Waals surface area contributed by atoms with Crippen molar-refractivity contribution in [2.45, 2.75) is 27.2 Å². The first-order valence-corrected chi connectivity index (χ1v) is 5.83. The van der Waals surface area contributed by atoms with Crippen molar-refractivity contribution in [3.8, 4) is 0 Å². The molecule has 0 fully saturated rings. The second-order valence-electron chi connectivity index (χ2n) is 4.36. The van der Waals surface area contributed by atoms with E-state index in [0.29, 0.717) is 12.5 Å². The molecule has 1 rings (SSSR count). The highest BCUT2D eigenvalue weighted by atomic mass is 16.5. The molecule has 0 bridgehead atoms. The molecule has 1 aromatic carbocycles. The lowest BCUT2D eigenvalue weighted by Crippen LogP contribution is -2.09. The summed E-state index contributed by atoms with van der Waals surface area (Å²) in [6.45, 7) is 7.00. The van der Waals surface area contributed by atoms with E-state index in [2.05, 4.69) is 19.9 Å². The molecule has 2 nitrogen and oxygen atoms in total. The second-order valence-corrected chi connectivity index (χ2v) is 4.36. The molecule has 0 atom stereocenters. The monoisotopic (exact) mass is 220 g/mol. The molecule has 16 heavy (non-hydrogen) atoms. The third kappa shape index (κ3) is 4.15. The molecular weight excluding hydrogens is 200 g/mol. The molecule has 0 aliphatic carbocycles. The molecule has 0 radical (unpaired) electrons. The smallest absolute Gasteiger partial charge is 0.188 e. The van der Waals surface area contributed by atoms with Crippen molar-refractivity contribution >= 4 is 5.78 Å². The fraction of sp³-hybridized carbons (Fsp3) is 0.500. The Bertz CT molecular complexity index is 342. The number of ketones is 1. The Labute approximate surface area is 97.6 Å². The van der Waals surface area contributed by atoms with Gasteiger partial charge in [-0.15, -0.1) is 0 Å². The maximum Gasteiger partial charge on any atom is 0.188 e. The number of hydrogen-bond acceptors (Lipinski definition) is 2. The van der Waals surface area contributed by atoms with E-state index < -0.39 is 0 Å². The Morgan fingerprint density at radius 2 is 2.12 bits per heavy atom. The summed E-state index contributed by atoms with van der Waals surface area (Å²) in [6, 6.07) is 7.83. The van der Waals surface area contributed by atoms with Crippen LogP contribution in [0.15, 0.2) is 24.3 Å². The van der Waals surface area contributed by atoms with Crippen LogP contribution >= 0.6 is 0 Å². The van der Waals surface area contributed by atoms with E-state index in [0.717, 1.165) is 12.0 Å². The van der Waals surface area contributed by atoms with Gasteiger partial charge in [0.05, 0.1) is 0 Å². The average molecular weight is 220 g/mol. The van der Waals surface area contributed by atoms with Crippen LogP contribution in [0.2, 0.25) is 0 Å². The van der Waals surface area contributed by atoms with Gasteiger partial charge in [0.15, 0.2) is 5.78 Å². The summed E-state index contributed by atoms with van der Waals surface area (Å²) < 4.78 is 5.12. The summed E-state index contributed by atoms with van der Waals surface area (Å²) in [5, 5.41) is 0. The molecule has 0 aromatic heterocycles. The quantitative estimate of drug-likeness (QED) is 0.689. The Morgan fingerprint density at radius 3 is 2.75 bits per heavy atom. The molecule has 0 unspecified atom stereocenters. The van der Waals surface area contributed by atoms with Crippen LogP contribution in [0.1, 0.15) is 36.7 Å². The summed E-state index contributed by atoms with van der Waals surface area (Å²) in [7, 11) is 0. The molecular formula is C14H20O2. The van der Waals surface area contributed by atoms with Crippen molar-refractivity contribution in [3.05, 3.63) is 35.4 Å². The van der Waals surface area contributed by atoms with E-state index in [-0.39, 0.29) is 12.4 Å². The van der Waals surface area contributed by atoms with Gasteiger partial charge in [-0.2, -0.15) is 0 Å². The zero-order chi connectivity index (χ0) is 12.0. The van der Waals surface area contributed by atoms with Crippen LogP contribution in [0.5, 0.6) is 0 Å². The van der Waals surface area contributed by atoms with Crippen molar-refractivity contribution in [2.24, 2.45) is 5.92 Å². The van der Waals surface area contributed by atoms with Crippen molar-refractivity contribution in [3.63, 3.8) is 0 Å². The van der Waals surface area contributed by atoms with Gasteiger partial charge in [-0.1, -0.05) is 32.0 Å². The summed E-state index contributed by atoms with van der Waals surface area (Å²) in [5.74, 6) is 0.671. The maximum absolute atomic E-state index is 11.7. The highest BCUT2D eigenvalue weighted by Gasteiger charge is 2.06. The molecule has 0 heterocycles. The Kier molecular flexibility index (Phi) is 5.20. The Morgan fingerprint density at radius 1 is 1.38 bits per heavy atom. The molecule has 1 aromatic rings. The number of carbonyl (C=O) groups excluding carboxylic acids is 1. The third-order valence-corrected chi connectivity index (χ3v) is 2.33. The number of benzene rings is 1. The van der Waals surface area contributed by atoms with Gasteiger partial charge < -0.3 is 4.74 Å². The van der Waals surface area contributed by atoms with Crippen LogP contribution in [0.3, 0.4) is 0 Å². The minimum Gasteiger partial charge on any atom is -0.374 e. The summed E-state index contributed by atoms with van der Waals surface area (Å²) >= 11 is 0. The van der Waals surface area contributed by atoms with Crippen molar-refractivity contribution in [1.29, 1.82) is 0 Å². The number of ether oxygens (including phenoxy) is 1. The average Bonchev–Trinajstić information content (AvgIpc) is 2.25. The first kappa shape index (κ1) is 12.9. The number of hydrogen-bond donors (Lipinski definition) is 0. The zero-order valence-electron chi connectivity index (χ0n) is 10.3. The van der Waals surface area contributed by atoms with Gasteiger partial charge in [0.25, 0.3) is 0 Å². The normalized spacial score (nSPS) is 10.8. The van der Waals surface area contributed by atoms with Crippen LogP contribution in [0.25, 0.3) is 0 Å². The zero-order valence-corrected chi connectivity index (χ0v) is 10.3. The first-order chi connectivity index (χ1) is 7.63. The van der Waals surface area contributed by atoms with Crippen LogP contribution in [0.4, 0.5) is 0 Å². The van der Waals surface area contributed by atoms with E-state index in [4.69, 9.17) is 4.74 Å². The molecule has 0 saturated carbocycles. The summed E-state index contributed by atoms with van der Waals surface area (Å²) in [5.41, 5.74) is 1.98. The lowest BCUT2D eigenvalue weighted by molar-refractivity contribution is 0.0783. The number of Topliss-reactive ketones (excluding diaryl/α,β-unsaturated/α-hetero) is 1. The standard InChI is InChI=1S/C14H20O2/c1-4-16-10-14(15)13-7-5-6-12(9-13)8-11(2)3/h5-7,9,11H,4,8,10H2,1-3H3. The third-order valence-electron chi connectivity index (χ3n) is 2.33. The van der Waals surface area contributed by atoms with Crippen LogP contribution in [-0.4, -0.2) is 19.0 Å². The molecule has 0 spiro atoms. The van der Waals surface area contributed by atoms with E-state index in [1.807, 2.05) is 25.1 Å². The van der Waals surface area contributed by atoms with Gasteiger partial charge in [-0.3, -0.25) is 4.79 Å². The van der Waals surface area contributed by atoms with Gasteiger partial charge in [0.2, 0.25) is 0 Å². The summed E-state index contributed by atoms with van der Waals surface area (Å²) in [4.78, 5) is 11.7. The lowest BCUT2D eigenvalue weighted by Gasteiger charge is -2.07. The van der Waals surface area contributed by atoms with Crippen LogP contribution < -0.4 is 0 Å². The van der Waals surface area contributed by atoms with E-state index in [1.54, 1.807) is 0 Å². The van der Waals surface area contributed by atoms with E-state index >= 15 is 0 Å². The highest BCUT2D eigenvalue weighted by molar-refractivity contribution is 5.97. The topological polar surface area (TPSA) is 26.3 Å². The second kappa shape index (κ2) is 6.44. The predicted molar refractivity (Wildman–Crippen MR) is 65.8 cm³/mol. The van der Waals surface area contributed by atoms with Crippen molar-refractivity contribution < 1.29 is 9.53 Å². The molecule has 2 heteroatoms. The van der Waals surface area contributed by atoms with Gasteiger partial charge >= 0.3 is 0 Å². The van der Waals surface area contributed by atoms with E-state index in [9.17, 15) is 4.79 Å². The molecule has 0 amide bonds. The highest BCUT2D eigenvalue weighted by Crippen LogP contribution is 2.11. The maximum atomic E-state index is 11.7. The molecule has 0 aliphatic rings. The Hall–Kier alpha value is -1.15. The van der Waals surface area contributed by atoms with Crippen molar-refractivity contribution in [1.82, 2.24) is 0 Å². The van der Waals surface area contributed by atoms with Crippen LogP contribution in [0, 0.1) is 5.92 Å². The van der Waals surface area contributed by atoms with Crippen LogP contribution in [-0.2, 0) is 11.2 Å². The predicted octanol–water partition coefficient (Wildman–Crippen LogP) is 3.10. The van der Waals surface area contributed by atoms with Gasteiger partial charge in [0, 0.05) is 12.2 Å². The molecule has 0 N–H and O–H groups in total. The van der Waals surface area contributed by atoms with Crippen molar-refractivity contribution in [2.75, 3.05) is 13.2 Å². The molecule has 88 valence electrons. The molecule has 0 saturated heterocycles. The van der Waals surface area contributed by atoms with E-state index in [1.165, 1.54) is 5.56 Å². The minimum absolute atomic E-state index is 0.0625. The van der Waals surface area contributed by atoms with Gasteiger partial charge in [-0.05, 0) is 30.9 Å². The Balaban J connectivity index is 2.69. The number of rotatable bonds is 6. The van der Waals surface area contributed by atoms with Gasteiger partial charge in [0.1, 0.15) is 6.61 Å². The number of carbonyl (C=O) groups is 1. The molecule has 0 aliphatic heterocycles. The lowest BCUT2D eigenvalue weighted by atomic mass is 10.00. The SMILES string of the molecule is CCOCC(=O)c1cccc(CC(C)C)c1. The fourth-order valence-corrected chi connectivity index (χ4v) is 1.62. The largest absolute Gasteiger partial charge is 0.374 e. The van der Waals surface area contributed by atoms with Gasteiger partial charge in [-0.25, -0.2) is 0 Å². The first-order valence-electron chi connectivity index (χ1n) is 5.83. The summed E-state index contributed by atoms with van der Waals surface area (Å²) in [6.07, 6.45) is 1.01. The fourth-order valence-electron chi connectivity index (χ4n) is 1.62.